The molecule has 0 radical (unpaired) electrons. The summed E-state index contributed by atoms with van der Waals surface area (Å²) in [7, 11) is -5.04. The van der Waals surface area contributed by atoms with Crippen LogP contribution in [0.3, 0.4) is 0 Å². The zero-order valence-corrected chi connectivity index (χ0v) is 25.3. The Labute approximate surface area is 263 Å². The third-order valence-corrected chi connectivity index (χ3v) is 9.04. The molecule has 0 aromatic heterocycles. The fourth-order valence-corrected chi connectivity index (χ4v) is 6.50. The van der Waals surface area contributed by atoms with Crippen molar-refractivity contribution in [2.45, 2.75) is 123 Å². The molecule has 0 aromatic rings. The maximum atomic E-state index is 11.3. The largest absolute Gasteiger partial charge is 0.397 e. The van der Waals surface area contributed by atoms with Crippen LogP contribution >= 0.6 is 0 Å². The molecular formula is C23H46N6O16S. The van der Waals surface area contributed by atoms with Gasteiger partial charge in [0, 0.05) is 25.2 Å². The van der Waals surface area contributed by atoms with Crippen LogP contribution < -0.4 is 34.4 Å². The van der Waals surface area contributed by atoms with Gasteiger partial charge in [-0.25, -0.2) is 4.18 Å². The first-order chi connectivity index (χ1) is 21.5. The Kier molecular flexibility index (Phi) is 12.7. The number of ether oxygens (including phenoxy) is 6. The Morgan fingerprint density at radius 1 is 0.609 bits per heavy atom. The van der Waals surface area contributed by atoms with Gasteiger partial charge < -0.3 is 93.5 Å². The van der Waals surface area contributed by atoms with Crippen molar-refractivity contribution in [3.05, 3.63) is 0 Å². The Balaban J connectivity index is 1.50. The van der Waals surface area contributed by atoms with Gasteiger partial charge in [-0.15, -0.1) is 0 Å². The third-order valence-electron chi connectivity index (χ3n) is 8.58. The van der Waals surface area contributed by atoms with Gasteiger partial charge in [-0.3, -0.25) is 4.55 Å². The van der Waals surface area contributed by atoms with Gasteiger partial charge in [0.2, 0.25) is 0 Å². The molecule has 23 heteroatoms. The first-order valence-corrected chi connectivity index (χ1v) is 15.9. The van der Waals surface area contributed by atoms with Gasteiger partial charge in [-0.2, -0.15) is 8.42 Å². The third kappa shape index (κ3) is 7.96. The van der Waals surface area contributed by atoms with Gasteiger partial charge in [0.15, 0.2) is 18.9 Å². The summed E-state index contributed by atoms with van der Waals surface area (Å²) in [6.07, 6.45) is -21.9. The summed E-state index contributed by atoms with van der Waals surface area (Å²) < 4.78 is 70.7. The molecular weight excluding hydrogens is 648 g/mol. The zero-order chi connectivity index (χ0) is 34.2. The number of hydrogen-bond donors (Lipinski definition) is 13. The van der Waals surface area contributed by atoms with Gasteiger partial charge in [0.25, 0.3) is 0 Å². The summed E-state index contributed by atoms with van der Waals surface area (Å²) in [5.41, 5.74) is 35.7. The van der Waals surface area contributed by atoms with Crippen molar-refractivity contribution in [2.75, 3.05) is 19.7 Å². The first-order valence-electron chi connectivity index (χ1n) is 14.5. The number of aliphatic hydroxyl groups is 6. The standard InChI is InChI=1S/C23H46N6O16S/c24-2-7-13(32)14(33)10(28)21(39-7)43-18-9(4-30)41-23(16(18)35)44-20-12(31)5(26)1-6(27)17(20)42-22-11(29)15(34)19(8(3-25)40-22)45-46(36,37)38/h5-23,30-35H,1-4,24-29H2,(H,36,37,38)/t5-,6+,7-,8-,9-,10+,11-,12+,13+,14+,15-,16-,17-,18-,19-,20-,21+,22-,23-/m1/s1. The molecule has 19 atom stereocenters. The van der Waals surface area contributed by atoms with E-state index in [9.17, 15) is 39.1 Å². The first kappa shape index (κ1) is 38.0. The SMILES string of the molecule is NC[C@H]1O[C@@H](O[C@H]2[C@@H](O)[C@@H](O[C@@H]3[C@@H](O)[C@H](N)C[C@H](N)[C@H]3O[C@H]3O[C@H](CN)[C@@H](OS(=O)(=O)O)[C@H](O)[C@H]3N)O[C@@H]2CO)[C@@H](N)[C@H](O)[C@H]1O. The van der Waals surface area contributed by atoms with Crippen LogP contribution in [0.25, 0.3) is 0 Å². The highest BCUT2D eigenvalue weighted by Gasteiger charge is 2.54. The number of rotatable bonds is 11. The fraction of sp³-hybridized carbons (Fsp3) is 1.00. The van der Waals surface area contributed by atoms with E-state index in [-0.39, 0.29) is 13.0 Å². The monoisotopic (exact) mass is 694 g/mol. The predicted octanol–water partition coefficient (Wildman–Crippen LogP) is -9.07. The van der Waals surface area contributed by atoms with Crippen molar-refractivity contribution in [3.8, 4) is 0 Å². The second kappa shape index (κ2) is 15.4. The van der Waals surface area contributed by atoms with E-state index in [1.165, 1.54) is 0 Å². The van der Waals surface area contributed by atoms with Crippen molar-refractivity contribution in [2.24, 2.45) is 34.4 Å². The molecule has 46 heavy (non-hydrogen) atoms. The Morgan fingerprint density at radius 2 is 1.13 bits per heavy atom. The van der Waals surface area contributed by atoms with Crippen LogP contribution in [0.2, 0.25) is 0 Å². The van der Waals surface area contributed by atoms with Crippen molar-refractivity contribution in [1.82, 2.24) is 0 Å². The topological polar surface area (TPSA) is 396 Å². The lowest BCUT2D eigenvalue weighted by Crippen LogP contribution is -2.68. The summed E-state index contributed by atoms with van der Waals surface area (Å²) in [5, 5.41) is 63.3. The average Bonchev–Trinajstić information content (AvgIpc) is 3.29. The Morgan fingerprint density at radius 3 is 1.70 bits per heavy atom. The van der Waals surface area contributed by atoms with E-state index in [1.54, 1.807) is 0 Å². The van der Waals surface area contributed by atoms with Crippen molar-refractivity contribution in [1.29, 1.82) is 0 Å². The fourth-order valence-electron chi connectivity index (χ4n) is 5.98. The van der Waals surface area contributed by atoms with E-state index in [1.807, 2.05) is 0 Å². The van der Waals surface area contributed by atoms with Crippen LogP contribution in [-0.2, 0) is 43.0 Å². The number of aliphatic hydroxyl groups excluding tert-OH is 6. The van der Waals surface area contributed by atoms with E-state index in [4.69, 9.17) is 67.4 Å². The summed E-state index contributed by atoms with van der Waals surface area (Å²) in [5.74, 6) is 0. The Hall–Kier alpha value is -0.850. The minimum absolute atomic E-state index is 0.00249. The highest BCUT2D eigenvalue weighted by molar-refractivity contribution is 7.80. The van der Waals surface area contributed by atoms with Crippen LogP contribution in [0.5, 0.6) is 0 Å². The molecule has 0 amide bonds. The van der Waals surface area contributed by atoms with Gasteiger partial charge in [0.05, 0.1) is 24.8 Å². The minimum atomic E-state index is -5.04. The summed E-state index contributed by atoms with van der Waals surface area (Å²) in [4.78, 5) is 0. The molecule has 22 nitrogen and oxygen atoms in total. The van der Waals surface area contributed by atoms with Crippen LogP contribution in [0.1, 0.15) is 6.42 Å². The molecule has 0 aromatic carbocycles. The summed E-state index contributed by atoms with van der Waals surface area (Å²) in [6, 6.07) is -4.70. The molecule has 3 saturated heterocycles. The minimum Gasteiger partial charge on any atom is -0.394 e. The van der Waals surface area contributed by atoms with Gasteiger partial charge >= 0.3 is 10.4 Å². The molecule has 19 N–H and O–H groups in total. The van der Waals surface area contributed by atoms with E-state index >= 15 is 0 Å². The molecule has 1 saturated carbocycles. The maximum Gasteiger partial charge on any atom is 0.397 e. The molecule has 0 spiro atoms. The number of nitrogens with two attached hydrogens (primary N) is 6. The van der Waals surface area contributed by atoms with Crippen molar-refractivity contribution in [3.63, 3.8) is 0 Å². The average molecular weight is 695 g/mol. The van der Waals surface area contributed by atoms with E-state index in [0.29, 0.717) is 0 Å². The van der Waals surface area contributed by atoms with Crippen molar-refractivity contribution >= 4 is 10.4 Å². The molecule has 4 rings (SSSR count). The number of hydrogen-bond acceptors (Lipinski definition) is 21. The quantitative estimate of drug-likeness (QED) is 0.0892. The lowest BCUT2D eigenvalue weighted by atomic mass is 9.84. The van der Waals surface area contributed by atoms with Gasteiger partial charge in [0.1, 0.15) is 67.1 Å². The zero-order valence-electron chi connectivity index (χ0n) is 24.5. The van der Waals surface area contributed by atoms with Crippen LogP contribution in [-0.4, -0.2) is 180 Å². The van der Waals surface area contributed by atoms with E-state index < -0.39 is 140 Å². The molecule has 3 aliphatic heterocycles. The Bertz CT molecular complexity index is 1100. The maximum absolute atomic E-state index is 11.3. The molecule has 4 fully saturated rings. The second-order valence-corrected chi connectivity index (χ2v) is 12.8. The van der Waals surface area contributed by atoms with Gasteiger partial charge in [-0.05, 0) is 6.42 Å². The molecule has 0 bridgehead atoms. The lowest BCUT2D eigenvalue weighted by molar-refractivity contribution is -0.305. The smallest absolute Gasteiger partial charge is 0.394 e. The van der Waals surface area contributed by atoms with E-state index in [2.05, 4.69) is 4.18 Å². The molecule has 4 aliphatic rings. The van der Waals surface area contributed by atoms with Crippen LogP contribution in [0, 0.1) is 0 Å². The van der Waals surface area contributed by atoms with Crippen LogP contribution in [0.15, 0.2) is 0 Å². The van der Waals surface area contributed by atoms with Gasteiger partial charge in [-0.1, -0.05) is 0 Å². The molecule has 270 valence electrons. The van der Waals surface area contributed by atoms with E-state index in [0.717, 1.165) is 0 Å². The summed E-state index contributed by atoms with van der Waals surface area (Å²) >= 11 is 0. The molecule has 0 unspecified atom stereocenters. The second-order valence-electron chi connectivity index (χ2n) is 11.7. The lowest BCUT2D eigenvalue weighted by Gasteiger charge is -2.47. The van der Waals surface area contributed by atoms with Crippen molar-refractivity contribution < 1.29 is 76.2 Å². The molecule has 1 aliphatic carbocycles. The van der Waals surface area contributed by atoms with Crippen LogP contribution in [0.4, 0.5) is 0 Å². The molecule has 3 heterocycles. The summed E-state index contributed by atoms with van der Waals surface area (Å²) in [6.45, 7) is -1.30. The predicted molar refractivity (Wildman–Crippen MR) is 149 cm³/mol. The highest BCUT2D eigenvalue weighted by Crippen LogP contribution is 2.34. The normalized spacial score (nSPS) is 50.5. The highest BCUT2D eigenvalue weighted by atomic mass is 32.3.